The molecule has 0 aliphatic carbocycles. The largest absolute Gasteiger partial charge is 0.326 e. The summed E-state index contributed by atoms with van der Waals surface area (Å²) in [6.07, 6.45) is 9.76. The van der Waals surface area contributed by atoms with E-state index in [4.69, 9.17) is 11.6 Å². The molecule has 1 atom stereocenters. The summed E-state index contributed by atoms with van der Waals surface area (Å²) in [5, 5.41) is 3.73. The van der Waals surface area contributed by atoms with E-state index in [-0.39, 0.29) is 11.8 Å². The highest BCUT2D eigenvalue weighted by atomic mass is 35.5. The third-order valence-electron chi connectivity index (χ3n) is 4.53. The maximum atomic E-state index is 12.8. The summed E-state index contributed by atoms with van der Waals surface area (Å²) in [6.45, 7) is 3.76. The molecule has 2 aromatic carbocycles. The van der Waals surface area contributed by atoms with Crippen molar-refractivity contribution in [1.29, 1.82) is 0 Å². The van der Waals surface area contributed by atoms with Gasteiger partial charge in [0.15, 0.2) is 0 Å². The van der Waals surface area contributed by atoms with E-state index in [0.29, 0.717) is 5.02 Å². The lowest BCUT2D eigenvalue weighted by Crippen LogP contribution is -2.21. The second-order valence-corrected chi connectivity index (χ2v) is 7.03. The number of nitrogens with one attached hydrogen (secondary N) is 1. The zero-order chi connectivity index (χ0) is 18.6. The first-order valence-electron chi connectivity index (χ1n) is 9.43. The molecule has 0 aliphatic heterocycles. The zero-order valence-corrected chi connectivity index (χ0v) is 16.0. The van der Waals surface area contributed by atoms with Crippen LogP contribution in [0.15, 0.2) is 67.3 Å². The van der Waals surface area contributed by atoms with Crippen LogP contribution in [-0.2, 0) is 4.79 Å². The lowest BCUT2D eigenvalue weighted by atomic mass is 9.92. The molecule has 0 aromatic heterocycles. The summed E-state index contributed by atoms with van der Waals surface area (Å²) >= 11 is 6.01. The maximum Gasteiger partial charge on any atom is 0.231 e. The van der Waals surface area contributed by atoms with Crippen molar-refractivity contribution in [3.05, 3.63) is 77.8 Å². The molecule has 2 nitrogen and oxygen atoms in total. The number of amides is 1. The Bertz CT molecular complexity index is 666. The Hall–Kier alpha value is -2.06. The molecule has 2 rings (SSSR count). The van der Waals surface area contributed by atoms with Gasteiger partial charge < -0.3 is 5.32 Å². The van der Waals surface area contributed by atoms with Crippen molar-refractivity contribution in [3.63, 3.8) is 0 Å². The van der Waals surface area contributed by atoms with Crippen LogP contribution in [0.25, 0.3) is 0 Å². The van der Waals surface area contributed by atoms with Gasteiger partial charge in [-0.3, -0.25) is 4.79 Å². The van der Waals surface area contributed by atoms with Crippen molar-refractivity contribution in [3.8, 4) is 0 Å². The fourth-order valence-corrected chi connectivity index (χ4v) is 3.19. The Kier molecular flexibility index (Phi) is 8.99. The van der Waals surface area contributed by atoms with Crippen molar-refractivity contribution in [2.24, 2.45) is 0 Å². The number of halogens is 1. The van der Waals surface area contributed by atoms with Gasteiger partial charge in [0.1, 0.15) is 0 Å². The van der Waals surface area contributed by atoms with Crippen LogP contribution in [0.3, 0.4) is 0 Å². The van der Waals surface area contributed by atoms with Gasteiger partial charge in [-0.15, -0.1) is 6.58 Å². The Labute approximate surface area is 162 Å². The van der Waals surface area contributed by atoms with Crippen LogP contribution < -0.4 is 5.32 Å². The molecule has 0 radical (unpaired) electrons. The van der Waals surface area contributed by atoms with Gasteiger partial charge in [-0.2, -0.15) is 0 Å². The first-order chi connectivity index (χ1) is 12.7. The van der Waals surface area contributed by atoms with Gasteiger partial charge in [-0.25, -0.2) is 0 Å². The van der Waals surface area contributed by atoms with E-state index in [1.165, 1.54) is 19.3 Å². The van der Waals surface area contributed by atoms with Crippen LogP contribution in [-0.4, -0.2) is 5.91 Å². The minimum absolute atomic E-state index is 0.0465. The molecule has 1 amide bonds. The van der Waals surface area contributed by atoms with Gasteiger partial charge >= 0.3 is 0 Å². The summed E-state index contributed by atoms with van der Waals surface area (Å²) in [5.74, 6) is -0.106. The summed E-state index contributed by atoms with van der Waals surface area (Å²) < 4.78 is 0. The standard InChI is InChI=1S/C23H28ClNO/c1-2-3-4-5-6-7-11-14-22(19-15-17-20(24)18-16-19)23(26)25-21-12-9-8-10-13-21/h2,8-10,12-13,15-18,22H,1,3-7,11,14H2,(H,25,26). The predicted octanol–water partition coefficient (Wildman–Crippen LogP) is 6.98. The summed E-state index contributed by atoms with van der Waals surface area (Å²) in [4.78, 5) is 12.8. The number of para-hydroxylation sites is 1. The number of carbonyl (C=O) groups excluding carboxylic acids is 1. The molecule has 0 saturated carbocycles. The van der Waals surface area contributed by atoms with E-state index in [9.17, 15) is 4.79 Å². The zero-order valence-electron chi connectivity index (χ0n) is 15.3. The normalized spacial score (nSPS) is 11.7. The summed E-state index contributed by atoms with van der Waals surface area (Å²) in [7, 11) is 0. The minimum Gasteiger partial charge on any atom is -0.326 e. The average molecular weight is 370 g/mol. The smallest absolute Gasteiger partial charge is 0.231 e. The highest BCUT2D eigenvalue weighted by molar-refractivity contribution is 6.30. The highest BCUT2D eigenvalue weighted by Crippen LogP contribution is 2.26. The van der Waals surface area contributed by atoms with Gasteiger partial charge in [0.25, 0.3) is 0 Å². The van der Waals surface area contributed by atoms with E-state index in [1.807, 2.05) is 60.7 Å². The van der Waals surface area contributed by atoms with Crippen molar-refractivity contribution in [2.75, 3.05) is 5.32 Å². The van der Waals surface area contributed by atoms with Crippen LogP contribution in [0.5, 0.6) is 0 Å². The molecule has 0 aliphatic rings. The fraction of sp³-hybridized carbons (Fsp3) is 0.348. The fourth-order valence-electron chi connectivity index (χ4n) is 3.06. The van der Waals surface area contributed by atoms with Crippen LogP contribution in [0.2, 0.25) is 5.02 Å². The molecule has 0 spiro atoms. The summed E-state index contributed by atoms with van der Waals surface area (Å²) in [5.41, 5.74) is 1.86. The van der Waals surface area contributed by atoms with Gasteiger partial charge in [0.05, 0.1) is 5.92 Å². The van der Waals surface area contributed by atoms with Crippen molar-refractivity contribution in [2.45, 2.75) is 50.9 Å². The third-order valence-corrected chi connectivity index (χ3v) is 4.78. The molecule has 0 heterocycles. The van der Waals surface area contributed by atoms with E-state index in [0.717, 1.165) is 36.9 Å². The van der Waals surface area contributed by atoms with E-state index in [1.54, 1.807) is 0 Å². The number of allylic oxidation sites excluding steroid dienone is 1. The Morgan fingerprint density at radius 1 is 0.962 bits per heavy atom. The van der Waals surface area contributed by atoms with Gasteiger partial charge in [0, 0.05) is 10.7 Å². The van der Waals surface area contributed by atoms with Crippen molar-refractivity contribution >= 4 is 23.2 Å². The first kappa shape index (κ1) is 20.3. The number of benzene rings is 2. The van der Waals surface area contributed by atoms with E-state index >= 15 is 0 Å². The Morgan fingerprint density at radius 3 is 2.31 bits per heavy atom. The molecule has 1 unspecified atom stereocenters. The second kappa shape index (κ2) is 11.5. The number of hydrogen-bond donors (Lipinski definition) is 1. The third kappa shape index (κ3) is 7.05. The number of carbonyl (C=O) groups is 1. The number of unbranched alkanes of at least 4 members (excludes halogenated alkanes) is 5. The Morgan fingerprint density at radius 2 is 1.62 bits per heavy atom. The number of anilines is 1. The molecular formula is C23H28ClNO. The molecule has 2 aromatic rings. The maximum absolute atomic E-state index is 12.8. The molecular weight excluding hydrogens is 342 g/mol. The molecule has 0 bridgehead atoms. The lowest BCUT2D eigenvalue weighted by molar-refractivity contribution is -0.117. The minimum atomic E-state index is -0.152. The second-order valence-electron chi connectivity index (χ2n) is 6.59. The molecule has 3 heteroatoms. The topological polar surface area (TPSA) is 29.1 Å². The SMILES string of the molecule is C=CCCCCCCCC(C(=O)Nc1ccccc1)c1ccc(Cl)cc1. The molecule has 26 heavy (non-hydrogen) atoms. The number of rotatable bonds is 11. The van der Waals surface area contributed by atoms with Crippen LogP contribution in [0.1, 0.15) is 56.4 Å². The average Bonchev–Trinajstić information content (AvgIpc) is 2.66. The van der Waals surface area contributed by atoms with E-state index < -0.39 is 0 Å². The summed E-state index contributed by atoms with van der Waals surface area (Å²) in [6, 6.07) is 17.3. The quantitative estimate of drug-likeness (QED) is 0.336. The molecule has 0 saturated heterocycles. The van der Waals surface area contributed by atoms with Crippen LogP contribution in [0, 0.1) is 0 Å². The van der Waals surface area contributed by atoms with E-state index in [2.05, 4.69) is 11.9 Å². The highest BCUT2D eigenvalue weighted by Gasteiger charge is 2.20. The molecule has 138 valence electrons. The van der Waals surface area contributed by atoms with Gasteiger partial charge in [-0.05, 0) is 49.1 Å². The first-order valence-corrected chi connectivity index (χ1v) is 9.81. The number of hydrogen-bond acceptors (Lipinski definition) is 1. The van der Waals surface area contributed by atoms with Gasteiger partial charge in [0.2, 0.25) is 5.91 Å². The molecule has 0 fully saturated rings. The van der Waals surface area contributed by atoms with Crippen molar-refractivity contribution < 1.29 is 4.79 Å². The Balaban J connectivity index is 1.94. The lowest BCUT2D eigenvalue weighted by Gasteiger charge is -2.17. The van der Waals surface area contributed by atoms with Crippen LogP contribution >= 0.6 is 11.6 Å². The van der Waals surface area contributed by atoms with Crippen molar-refractivity contribution in [1.82, 2.24) is 0 Å². The monoisotopic (exact) mass is 369 g/mol. The van der Waals surface area contributed by atoms with Crippen LogP contribution in [0.4, 0.5) is 5.69 Å². The molecule has 1 N–H and O–H groups in total. The van der Waals surface area contributed by atoms with Gasteiger partial charge in [-0.1, -0.05) is 73.7 Å². The predicted molar refractivity (Wildman–Crippen MR) is 112 cm³/mol.